The Kier molecular flexibility index (Phi) is 19.7. The van der Waals surface area contributed by atoms with Crippen LogP contribution in [0, 0.1) is 0 Å². The molecule has 0 radical (unpaired) electrons. The summed E-state index contributed by atoms with van der Waals surface area (Å²) in [6, 6.07) is 0. The molecule has 0 heterocycles. The Bertz CT molecular complexity index is 228. The Balaban J connectivity index is 2.94. The van der Waals surface area contributed by atoms with Gasteiger partial charge in [0.2, 0.25) is 0 Å². The van der Waals surface area contributed by atoms with Crippen molar-refractivity contribution >= 4 is 0 Å². The van der Waals surface area contributed by atoms with E-state index in [1.54, 1.807) is 6.26 Å². The number of ether oxygens (including phenoxy) is 6. The lowest BCUT2D eigenvalue weighted by Crippen LogP contribution is -2.15. The van der Waals surface area contributed by atoms with E-state index in [2.05, 4.69) is 0 Å². The molecule has 0 aliphatic carbocycles. The molecule has 0 atom stereocenters. The second-order valence-electron chi connectivity index (χ2n) is 4.19. The average Bonchev–Trinajstić information content (AvgIpc) is 2.54. The summed E-state index contributed by atoms with van der Waals surface area (Å²) in [6.07, 6.45) is 3.48. The second kappa shape index (κ2) is 20.3. The summed E-state index contributed by atoms with van der Waals surface area (Å²) in [4.78, 5) is 0. The molecule has 0 amide bonds. The molecule has 0 saturated heterocycles. The lowest BCUT2D eigenvalue weighted by Gasteiger charge is -2.07. The van der Waals surface area contributed by atoms with Crippen molar-refractivity contribution in [3.05, 3.63) is 12.3 Å². The zero-order valence-corrected chi connectivity index (χ0v) is 13.7. The number of hydrogen-bond donors (Lipinski definition) is 1. The van der Waals surface area contributed by atoms with Crippen LogP contribution in [0.25, 0.3) is 0 Å². The van der Waals surface area contributed by atoms with Gasteiger partial charge in [-0.2, -0.15) is 0 Å². The molecule has 0 spiro atoms. The molecule has 22 heavy (non-hydrogen) atoms. The summed E-state index contributed by atoms with van der Waals surface area (Å²) in [5, 5.41) is 0. The van der Waals surface area contributed by atoms with E-state index in [0.717, 1.165) is 0 Å². The van der Waals surface area contributed by atoms with Crippen LogP contribution in [0.15, 0.2) is 12.3 Å². The molecule has 0 aliphatic rings. The molecule has 0 fully saturated rings. The SMILES string of the molecule is CC=COCCOCCOCCOCCOCCOCCN. The summed E-state index contributed by atoms with van der Waals surface area (Å²) in [5.41, 5.74) is 5.29. The van der Waals surface area contributed by atoms with Gasteiger partial charge in [0, 0.05) is 6.54 Å². The number of rotatable bonds is 18. The molecule has 0 bridgehead atoms. The summed E-state index contributed by atoms with van der Waals surface area (Å²) in [6.45, 7) is 8.61. The van der Waals surface area contributed by atoms with Crippen molar-refractivity contribution < 1.29 is 28.4 Å². The first-order valence-corrected chi connectivity index (χ1v) is 7.73. The second-order valence-corrected chi connectivity index (χ2v) is 4.19. The Morgan fingerprint density at radius 1 is 0.591 bits per heavy atom. The van der Waals surface area contributed by atoms with E-state index in [-0.39, 0.29) is 0 Å². The highest BCUT2D eigenvalue weighted by Crippen LogP contribution is 1.84. The smallest absolute Gasteiger partial charge is 0.111 e. The molecular weight excluding hydrogens is 290 g/mol. The molecule has 0 aromatic carbocycles. The van der Waals surface area contributed by atoms with Gasteiger partial charge in [0.1, 0.15) is 6.61 Å². The maximum atomic E-state index is 5.36. The minimum atomic E-state index is 0.540. The highest BCUT2D eigenvalue weighted by molar-refractivity contribution is 4.64. The van der Waals surface area contributed by atoms with Gasteiger partial charge in [0.15, 0.2) is 0 Å². The van der Waals surface area contributed by atoms with Crippen molar-refractivity contribution in [2.75, 3.05) is 79.2 Å². The summed E-state index contributed by atoms with van der Waals surface area (Å²) in [5.74, 6) is 0. The normalized spacial score (nSPS) is 11.4. The van der Waals surface area contributed by atoms with Crippen LogP contribution < -0.4 is 5.73 Å². The largest absolute Gasteiger partial charge is 0.499 e. The number of allylic oxidation sites excluding steroid dienone is 1. The molecule has 0 aromatic rings. The zero-order valence-electron chi connectivity index (χ0n) is 13.7. The van der Waals surface area contributed by atoms with Gasteiger partial charge in [0.25, 0.3) is 0 Å². The Morgan fingerprint density at radius 2 is 0.955 bits per heavy atom. The quantitative estimate of drug-likeness (QED) is 0.292. The molecule has 7 nitrogen and oxygen atoms in total. The van der Waals surface area contributed by atoms with Crippen LogP contribution in [0.3, 0.4) is 0 Å². The monoisotopic (exact) mass is 321 g/mol. The van der Waals surface area contributed by atoms with E-state index in [1.165, 1.54) is 0 Å². The first-order valence-electron chi connectivity index (χ1n) is 7.73. The third-order valence-electron chi connectivity index (χ3n) is 2.33. The van der Waals surface area contributed by atoms with E-state index < -0.39 is 0 Å². The van der Waals surface area contributed by atoms with Crippen LogP contribution >= 0.6 is 0 Å². The molecule has 2 N–H and O–H groups in total. The third-order valence-corrected chi connectivity index (χ3v) is 2.33. The lowest BCUT2D eigenvalue weighted by molar-refractivity contribution is -0.0132. The van der Waals surface area contributed by atoms with Crippen LogP contribution in [-0.2, 0) is 28.4 Å². The van der Waals surface area contributed by atoms with Crippen LogP contribution in [-0.4, -0.2) is 79.2 Å². The van der Waals surface area contributed by atoms with Crippen molar-refractivity contribution in [1.29, 1.82) is 0 Å². The van der Waals surface area contributed by atoms with Gasteiger partial charge in [-0.3, -0.25) is 0 Å². The maximum Gasteiger partial charge on any atom is 0.111 e. The van der Waals surface area contributed by atoms with Crippen molar-refractivity contribution in [3.63, 3.8) is 0 Å². The average molecular weight is 321 g/mol. The molecule has 0 unspecified atom stereocenters. The fourth-order valence-electron chi connectivity index (χ4n) is 1.34. The molecule has 0 aromatic heterocycles. The van der Waals surface area contributed by atoms with Gasteiger partial charge in [-0.1, -0.05) is 6.08 Å². The van der Waals surface area contributed by atoms with Gasteiger partial charge in [-0.25, -0.2) is 0 Å². The number of nitrogens with two attached hydrogens (primary N) is 1. The molecule has 7 heteroatoms. The van der Waals surface area contributed by atoms with Crippen molar-refractivity contribution in [1.82, 2.24) is 0 Å². The van der Waals surface area contributed by atoms with E-state index >= 15 is 0 Å². The topological polar surface area (TPSA) is 81.4 Å². The zero-order chi connectivity index (χ0) is 16.1. The Labute approximate surface area is 133 Å². The van der Waals surface area contributed by atoms with Gasteiger partial charge in [-0.15, -0.1) is 0 Å². The van der Waals surface area contributed by atoms with Gasteiger partial charge in [-0.05, 0) is 6.92 Å². The van der Waals surface area contributed by atoms with Crippen molar-refractivity contribution in [2.24, 2.45) is 5.73 Å². The van der Waals surface area contributed by atoms with Crippen LogP contribution in [0.4, 0.5) is 0 Å². The predicted octanol–water partition coefficient (Wildman–Crippen LogP) is 0.578. The fraction of sp³-hybridized carbons (Fsp3) is 0.867. The first kappa shape index (κ1) is 21.3. The molecule has 0 saturated carbocycles. The molecular formula is C15H31NO6. The van der Waals surface area contributed by atoms with Crippen LogP contribution in [0.5, 0.6) is 0 Å². The van der Waals surface area contributed by atoms with E-state index in [1.807, 2.05) is 13.0 Å². The fourth-order valence-corrected chi connectivity index (χ4v) is 1.34. The minimum absolute atomic E-state index is 0.540. The standard InChI is InChI=1S/C15H31NO6/c1-2-4-17-6-8-19-10-12-21-14-15-22-13-11-20-9-7-18-5-3-16/h2,4H,3,5-16H2,1H3. The van der Waals surface area contributed by atoms with E-state index in [4.69, 9.17) is 34.2 Å². The number of hydrogen-bond acceptors (Lipinski definition) is 7. The molecule has 0 rings (SSSR count). The summed E-state index contributed by atoms with van der Waals surface area (Å²) < 4.78 is 31.6. The minimum Gasteiger partial charge on any atom is -0.499 e. The van der Waals surface area contributed by atoms with Crippen LogP contribution in [0.2, 0.25) is 0 Å². The Hall–Kier alpha value is -0.700. The van der Waals surface area contributed by atoms with E-state index in [9.17, 15) is 0 Å². The highest BCUT2D eigenvalue weighted by Gasteiger charge is 1.93. The predicted molar refractivity (Wildman–Crippen MR) is 83.9 cm³/mol. The van der Waals surface area contributed by atoms with Gasteiger partial charge in [0.05, 0.1) is 72.3 Å². The van der Waals surface area contributed by atoms with Crippen molar-refractivity contribution in [3.8, 4) is 0 Å². The molecule has 0 aliphatic heterocycles. The third kappa shape index (κ3) is 19.3. The van der Waals surface area contributed by atoms with E-state index in [0.29, 0.717) is 79.2 Å². The van der Waals surface area contributed by atoms with Crippen molar-refractivity contribution in [2.45, 2.75) is 6.92 Å². The lowest BCUT2D eigenvalue weighted by atomic mass is 10.6. The van der Waals surface area contributed by atoms with Crippen LogP contribution in [0.1, 0.15) is 6.92 Å². The summed E-state index contributed by atoms with van der Waals surface area (Å²) >= 11 is 0. The first-order chi connectivity index (χ1) is 10.9. The maximum absolute atomic E-state index is 5.36. The highest BCUT2D eigenvalue weighted by atomic mass is 16.6. The van der Waals surface area contributed by atoms with Gasteiger partial charge >= 0.3 is 0 Å². The summed E-state index contributed by atoms with van der Waals surface area (Å²) in [7, 11) is 0. The molecule has 132 valence electrons. The Morgan fingerprint density at radius 3 is 1.32 bits per heavy atom. The van der Waals surface area contributed by atoms with Gasteiger partial charge < -0.3 is 34.2 Å².